The molecule has 2 N–H and O–H groups in total. The molecule has 0 spiro atoms. The number of phenols is 1. The number of aryl methyl sites for hydroxylation is 2. The molecule has 3 aromatic carbocycles. The highest BCUT2D eigenvalue weighted by atomic mass is 35.5. The van der Waals surface area contributed by atoms with Crippen molar-refractivity contribution in [1.82, 2.24) is 10.2 Å². The highest BCUT2D eigenvalue weighted by molar-refractivity contribution is 6.30. The summed E-state index contributed by atoms with van der Waals surface area (Å²) >= 11 is 5.87. The normalized spacial score (nSPS) is 11.5. The fourth-order valence-electron chi connectivity index (χ4n) is 3.46. The molecule has 0 amide bonds. The van der Waals surface area contributed by atoms with Crippen LogP contribution in [0, 0.1) is 13.8 Å². The first kappa shape index (κ1) is 23.5. The number of halogens is 4. The van der Waals surface area contributed by atoms with Gasteiger partial charge in [-0.1, -0.05) is 29.8 Å². The third-order valence-corrected chi connectivity index (χ3v) is 5.22. The van der Waals surface area contributed by atoms with Crippen LogP contribution in [-0.4, -0.2) is 15.3 Å². The minimum Gasteiger partial charge on any atom is -0.507 e. The van der Waals surface area contributed by atoms with E-state index in [0.29, 0.717) is 10.8 Å². The monoisotopic (exact) mass is 488 g/mol. The van der Waals surface area contributed by atoms with E-state index in [0.717, 1.165) is 16.7 Å². The molecule has 0 atom stereocenters. The van der Waals surface area contributed by atoms with E-state index in [4.69, 9.17) is 21.1 Å². The summed E-state index contributed by atoms with van der Waals surface area (Å²) in [6.45, 7) is 3.85. The molecule has 0 saturated carbocycles. The number of rotatable bonds is 6. The van der Waals surface area contributed by atoms with Crippen molar-refractivity contribution in [2.24, 2.45) is 0 Å². The Morgan fingerprint density at radius 1 is 0.941 bits per heavy atom. The van der Waals surface area contributed by atoms with Crippen LogP contribution in [0.5, 0.6) is 23.0 Å². The van der Waals surface area contributed by atoms with Crippen LogP contribution in [0.1, 0.15) is 22.4 Å². The van der Waals surface area contributed by atoms with Crippen LogP contribution in [0.2, 0.25) is 5.02 Å². The Labute approximate surface area is 198 Å². The fraction of sp³-hybridized carbons (Fsp3) is 0.160. The molecule has 0 fully saturated rings. The number of H-pyrrole nitrogens is 1. The number of benzene rings is 3. The van der Waals surface area contributed by atoms with E-state index in [9.17, 15) is 18.3 Å². The van der Waals surface area contributed by atoms with Crippen LogP contribution >= 0.6 is 11.6 Å². The van der Waals surface area contributed by atoms with Gasteiger partial charge in [-0.3, -0.25) is 5.10 Å². The number of phenolic OH excluding ortho intramolecular Hbond substituents is 1. The molecule has 1 heterocycles. The number of nitrogens with zero attached hydrogens (tertiary/aromatic N) is 1. The lowest BCUT2D eigenvalue weighted by atomic mass is 10.1. The first-order chi connectivity index (χ1) is 16.1. The molecule has 0 saturated heterocycles. The number of hydrogen-bond donors (Lipinski definition) is 2. The molecule has 176 valence electrons. The lowest BCUT2D eigenvalue weighted by Crippen LogP contribution is -2.07. The number of ether oxygens (including phenoxy) is 2. The number of aromatic hydroxyl groups is 1. The third-order valence-electron chi connectivity index (χ3n) is 4.96. The summed E-state index contributed by atoms with van der Waals surface area (Å²) in [6.07, 6.45) is -4.74. The summed E-state index contributed by atoms with van der Waals surface area (Å²) in [6, 6.07) is 16.5. The standard InChI is InChI=1S/C25H20ClF3N2O3/c1-14-9-15(2)11-19(10-14)34-23-22(30-31-24(23)25(27,28)29)20-8-7-18(12-21(20)32)33-13-16-3-5-17(26)6-4-16/h3-12,32H,13H2,1-2H3,(H,30,31). The second-order valence-corrected chi connectivity index (χ2v) is 8.23. The van der Waals surface area contributed by atoms with E-state index in [1.54, 1.807) is 36.4 Å². The van der Waals surface area contributed by atoms with Gasteiger partial charge in [0.2, 0.25) is 0 Å². The van der Waals surface area contributed by atoms with Gasteiger partial charge in [0.1, 0.15) is 29.5 Å². The maximum Gasteiger partial charge on any atom is 0.436 e. The molecule has 0 radical (unpaired) electrons. The maximum absolute atomic E-state index is 13.6. The van der Waals surface area contributed by atoms with Crippen LogP contribution in [0.25, 0.3) is 11.3 Å². The van der Waals surface area contributed by atoms with Gasteiger partial charge in [0, 0.05) is 16.7 Å². The quantitative estimate of drug-likeness (QED) is 0.296. The van der Waals surface area contributed by atoms with Crippen molar-refractivity contribution in [3.8, 4) is 34.3 Å². The van der Waals surface area contributed by atoms with Crippen molar-refractivity contribution in [2.75, 3.05) is 0 Å². The van der Waals surface area contributed by atoms with E-state index in [1.807, 2.05) is 25.0 Å². The van der Waals surface area contributed by atoms with Gasteiger partial charge < -0.3 is 14.6 Å². The van der Waals surface area contributed by atoms with Crippen molar-refractivity contribution >= 4 is 11.6 Å². The largest absolute Gasteiger partial charge is 0.507 e. The average molecular weight is 489 g/mol. The first-order valence-corrected chi connectivity index (χ1v) is 10.6. The zero-order chi connectivity index (χ0) is 24.5. The molecule has 9 heteroatoms. The molecular weight excluding hydrogens is 469 g/mol. The van der Waals surface area contributed by atoms with Gasteiger partial charge in [-0.2, -0.15) is 18.3 Å². The molecular formula is C25H20ClF3N2O3. The Bertz CT molecular complexity index is 1300. The Kier molecular flexibility index (Phi) is 6.43. The number of hydrogen-bond acceptors (Lipinski definition) is 4. The van der Waals surface area contributed by atoms with Crippen LogP contribution in [0.15, 0.2) is 60.7 Å². The predicted octanol–water partition coefficient (Wildman–Crippen LogP) is 7.44. The van der Waals surface area contributed by atoms with Crippen molar-refractivity contribution < 1.29 is 27.8 Å². The lowest BCUT2D eigenvalue weighted by Gasteiger charge is -2.13. The van der Waals surface area contributed by atoms with E-state index in [-0.39, 0.29) is 29.4 Å². The minimum absolute atomic E-state index is 0.0602. The van der Waals surface area contributed by atoms with Gasteiger partial charge >= 0.3 is 6.18 Å². The van der Waals surface area contributed by atoms with Crippen LogP contribution in [0.4, 0.5) is 13.2 Å². The highest BCUT2D eigenvalue weighted by Crippen LogP contribution is 2.45. The van der Waals surface area contributed by atoms with Crippen molar-refractivity contribution in [3.63, 3.8) is 0 Å². The van der Waals surface area contributed by atoms with Gasteiger partial charge in [-0.25, -0.2) is 0 Å². The average Bonchev–Trinajstić information content (AvgIpc) is 3.16. The maximum atomic E-state index is 13.6. The zero-order valence-corrected chi connectivity index (χ0v) is 19.0. The number of aromatic amines is 1. The van der Waals surface area contributed by atoms with Crippen LogP contribution < -0.4 is 9.47 Å². The summed E-state index contributed by atoms with van der Waals surface area (Å²) in [4.78, 5) is 0. The lowest BCUT2D eigenvalue weighted by molar-refractivity contribution is -0.142. The second-order valence-electron chi connectivity index (χ2n) is 7.79. The fourth-order valence-corrected chi connectivity index (χ4v) is 3.59. The first-order valence-electron chi connectivity index (χ1n) is 10.2. The molecule has 1 aromatic heterocycles. The van der Waals surface area contributed by atoms with Gasteiger partial charge in [-0.15, -0.1) is 0 Å². The van der Waals surface area contributed by atoms with Crippen molar-refractivity contribution in [2.45, 2.75) is 26.6 Å². The molecule has 4 rings (SSSR count). The Balaban J connectivity index is 1.65. The van der Waals surface area contributed by atoms with Crippen molar-refractivity contribution in [3.05, 3.63) is 88.1 Å². The molecule has 0 aliphatic heterocycles. The molecule has 0 aliphatic rings. The number of alkyl halides is 3. The molecule has 0 unspecified atom stereocenters. The van der Waals surface area contributed by atoms with Gasteiger partial charge in [0.05, 0.1) is 0 Å². The van der Waals surface area contributed by atoms with Crippen LogP contribution in [-0.2, 0) is 12.8 Å². The molecule has 0 aliphatic carbocycles. The molecule has 4 aromatic rings. The van der Waals surface area contributed by atoms with Gasteiger partial charge in [-0.05, 0) is 66.9 Å². The summed E-state index contributed by atoms with van der Waals surface area (Å²) in [5, 5.41) is 17.0. The zero-order valence-electron chi connectivity index (χ0n) is 18.2. The Morgan fingerprint density at radius 2 is 1.62 bits per heavy atom. The smallest absolute Gasteiger partial charge is 0.436 e. The Morgan fingerprint density at radius 3 is 2.24 bits per heavy atom. The summed E-state index contributed by atoms with van der Waals surface area (Å²) in [7, 11) is 0. The summed E-state index contributed by atoms with van der Waals surface area (Å²) in [5.41, 5.74) is 1.26. The van der Waals surface area contributed by atoms with E-state index < -0.39 is 17.6 Å². The molecule has 5 nitrogen and oxygen atoms in total. The number of nitrogens with one attached hydrogen (secondary N) is 1. The third kappa shape index (κ3) is 5.28. The van der Waals surface area contributed by atoms with E-state index in [1.165, 1.54) is 18.2 Å². The topological polar surface area (TPSA) is 67.4 Å². The summed E-state index contributed by atoms with van der Waals surface area (Å²) in [5.74, 6) is -0.269. The van der Waals surface area contributed by atoms with Gasteiger partial charge in [0.15, 0.2) is 11.4 Å². The number of aromatic nitrogens is 2. The second kappa shape index (κ2) is 9.30. The molecule has 0 bridgehead atoms. The molecule has 34 heavy (non-hydrogen) atoms. The summed E-state index contributed by atoms with van der Waals surface area (Å²) < 4.78 is 52.3. The minimum atomic E-state index is -4.74. The Hall–Kier alpha value is -3.65. The predicted molar refractivity (Wildman–Crippen MR) is 122 cm³/mol. The highest BCUT2D eigenvalue weighted by Gasteiger charge is 2.39. The van der Waals surface area contributed by atoms with E-state index >= 15 is 0 Å². The SMILES string of the molecule is Cc1cc(C)cc(Oc2c(-c3ccc(OCc4ccc(Cl)cc4)cc3O)n[nH]c2C(F)(F)F)c1. The van der Waals surface area contributed by atoms with E-state index in [2.05, 4.69) is 5.10 Å². The van der Waals surface area contributed by atoms with Crippen LogP contribution in [0.3, 0.4) is 0 Å². The van der Waals surface area contributed by atoms with Crippen molar-refractivity contribution in [1.29, 1.82) is 0 Å². The van der Waals surface area contributed by atoms with Gasteiger partial charge in [0.25, 0.3) is 0 Å².